The number of carbonyl (C=O) groups excluding carboxylic acids is 2. The summed E-state index contributed by atoms with van der Waals surface area (Å²) in [4.78, 5) is 38.4. The van der Waals surface area contributed by atoms with E-state index in [0.717, 1.165) is 17.4 Å². The Hall–Kier alpha value is -3.20. The van der Waals surface area contributed by atoms with Gasteiger partial charge in [0.15, 0.2) is 11.6 Å². The lowest BCUT2D eigenvalue weighted by Crippen LogP contribution is -2.49. The smallest absolute Gasteiger partial charge is 0.353 e. The molecule has 2 unspecified atom stereocenters. The van der Waals surface area contributed by atoms with E-state index in [1.165, 1.54) is 23.5 Å². The fourth-order valence-electron chi connectivity index (χ4n) is 3.94. The van der Waals surface area contributed by atoms with E-state index in [-0.39, 0.29) is 34.6 Å². The number of carbonyl (C=O) groups is 3. The monoisotopic (exact) mass is 518 g/mol. The Morgan fingerprint density at radius 3 is 2.39 bits per heavy atom. The molecule has 2 atom stereocenters. The van der Waals surface area contributed by atoms with E-state index >= 15 is 0 Å². The van der Waals surface area contributed by atoms with Gasteiger partial charge in [-0.1, -0.05) is 40.7 Å². The molecule has 36 heavy (non-hydrogen) atoms. The molecule has 0 spiro atoms. The third-order valence-electron chi connectivity index (χ3n) is 6.76. The van der Waals surface area contributed by atoms with Gasteiger partial charge in [-0.15, -0.1) is 11.3 Å². The normalized spacial score (nSPS) is 13.0. The van der Waals surface area contributed by atoms with Crippen molar-refractivity contribution in [2.75, 3.05) is 0 Å². The maximum atomic E-state index is 14.3. The number of esters is 1. The van der Waals surface area contributed by atoms with Crippen LogP contribution < -0.4 is 15.8 Å². The molecule has 196 valence electrons. The van der Waals surface area contributed by atoms with E-state index < -0.39 is 29.2 Å². The number of carboxylic acids is 1. The van der Waals surface area contributed by atoms with Gasteiger partial charge in [0.05, 0.1) is 11.8 Å². The summed E-state index contributed by atoms with van der Waals surface area (Å²) in [6.45, 7) is 11.3. The van der Waals surface area contributed by atoms with Crippen molar-refractivity contribution in [2.45, 2.75) is 65.8 Å². The number of nitrogens with one attached hydrogen (secondary N) is 1. The van der Waals surface area contributed by atoms with E-state index in [0.29, 0.717) is 24.8 Å². The van der Waals surface area contributed by atoms with Crippen molar-refractivity contribution in [1.82, 2.24) is 5.32 Å². The van der Waals surface area contributed by atoms with E-state index in [1.807, 2.05) is 27.7 Å². The van der Waals surface area contributed by atoms with E-state index in [4.69, 9.17) is 10.5 Å². The quantitative estimate of drug-likeness (QED) is 0.242. The summed E-state index contributed by atoms with van der Waals surface area (Å²) in [6.07, 6.45) is 2.06. The third kappa shape index (κ3) is 7.16. The molecule has 0 saturated heterocycles. The van der Waals surface area contributed by atoms with Crippen LogP contribution >= 0.6 is 11.3 Å². The number of halogens is 1. The molecule has 7 nitrogen and oxygen atoms in total. The van der Waals surface area contributed by atoms with Gasteiger partial charge in [-0.2, -0.15) is 0 Å². The first kappa shape index (κ1) is 29.0. The summed E-state index contributed by atoms with van der Waals surface area (Å²) in [5.74, 6) is -2.79. The van der Waals surface area contributed by atoms with Crippen LogP contribution in [-0.4, -0.2) is 29.0 Å². The van der Waals surface area contributed by atoms with Crippen LogP contribution in [0.5, 0.6) is 5.75 Å². The van der Waals surface area contributed by atoms with Crippen molar-refractivity contribution in [3.63, 3.8) is 0 Å². The molecule has 1 aromatic heterocycles. The van der Waals surface area contributed by atoms with Crippen LogP contribution in [0.2, 0.25) is 0 Å². The minimum atomic E-state index is -0.959. The lowest BCUT2D eigenvalue weighted by molar-refractivity contribution is -0.139. The molecule has 4 N–H and O–H groups in total. The largest absolute Gasteiger partial charge is 0.481 e. The molecule has 0 aliphatic heterocycles. The lowest BCUT2D eigenvalue weighted by Gasteiger charge is -2.33. The van der Waals surface area contributed by atoms with Crippen LogP contribution in [0.25, 0.3) is 5.70 Å². The summed E-state index contributed by atoms with van der Waals surface area (Å²) < 4.78 is 19.5. The fourth-order valence-corrected chi connectivity index (χ4v) is 4.97. The highest BCUT2D eigenvalue weighted by Gasteiger charge is 2.37. The van der Waals surface area contributed by atoms with Crippen LogP contribution in [0.3, 0.4) is 0 Å². The maximum absolute atomic E-state index is 14.3. The highest BCUT2D eigenvalue weighted by atomic mass is 32.1. The predicted molar refractivity (Wildman–Crippen MR) is 139 cm³/mol. The van der Waals surface area contributed by atoms with E-state index in [1.54, 1.807) is 12.1 Å². The average molecular weight is 519 g/mol. The number of thiophene rings is 1. The molecule has 1 aromatic carbocycles. The zero-order valence-corrected chi connectivity index (χ0v) is 22.0. The molecule has 0 aliphatic carbocycles. The summed E-state index contributed by atoms with van der Waals surface area (Å²) in [7, 11) is 0. The summed E-state index contributed by atoms with van der Waals surface area (Å²) in [6, 6.07) is 6.87. The Morgan fingerprint density at radius 2 is 1.86 bits per heavy atom. The molecular weight excluding hydrogens is 483 g/mol. The Labute approximate surface area is 215 Å². The van der Waals surface area contributed by atoms with Gasteiger partial charge in [0.2, 0.25) is 5.91 Å². The van der Waals surface area contributed by atoms with Crippen molar-refractivity contribution in [2.24, 2.45) is 17.1 Å². The van der Waals surface area contributed by atoms with Gasteiger partial charge >= 0.3 is 11.9 Å². The van der Waals surface area contributed by atoms with Crippen molar-refractivity contribution in [1.29, 1.82) is 0 Å². The van der Waals surface area contributed by atoms with Crippen LogP contribution in [0.4, 0.5) is 4.39 Å². The first-order valence-corrected chi connectivity index (χ1v) is 12.9. The summed E-state index contributed by atoms with van der Waals surface area (Å²) in [5, 5.41) is 12.3. The first-order chi connectivity index (χ1) is 17.0. The minimum Gasteiger partial charge on any atom is -0.481 e. The summed E-state index contributed by atoms with van der Waals surface area (Å²) in [5.41, 5.74) is 5.41. The standard InChI is InChI=1S/C27H35FN2O5S/c1-6-16(4)21(14-24(31)32)30-26(34)27(7-2,8-3)15-19-10-12-23(36-19)25(33)35-22-11-9-18(17(5)29)13-20(22)28/h9-13,16,21H,5-8,14-15,29H2,1-4H3,(H,30,34)(H,31,32). The number of ether oxygens (including phenoxy) is 1. The second-order valence-electron chi connectivity index (χ2n) is 9.05. The van der Waals surface area contributed by atoms with Crippen LogP contribution in [-0.2, 0) is 16.0 Å². The van der Waals surface area contributed by atoms with Crippen LogP contribution in [0.15, 0.2) is 36.9 Å². The van der Waals surface area contributed by atoms with E-state index in [9.17, 15) is 23.9 Å². The van der Waals surface area contributed by atoms with Gasteiger partial charge < -0.3 is 20.9 Å². The highest BCUT2D eigenvalue weighted by molar-refractivity contribution is 7.14. The number of nitrogens with two attached hydrogens (primary N) is 1. The van der Waals surface area contributed by atoms with Crippen molar-refractivity contribution < 1.29 is 28.6 Å². The number of aliphatic carboxylic acids is 1. The third-order valence-corrected chi connectivity index (χ3v) is 7.82. The molecule has 0 bridgehead atoms. The molecule has 9 heteroatoms. The van der Waals surface area contributed by atoms with Crippen molar-refractivity contribution in [3.8, 4) is 5.75 Å². The Bertz CT molecular complexity index is 1110. The number of hydrogen-bond donors (Lipinski definition) is 3. The van der Waals surface area contributed by atoms with Crippen LogP contribution in [0, 0.1) is 17.2 Å². The number of carboxylic acid groups (broad SMARTS) is 1. The van der Waals surface area contributed by atoms with E-state index in [2.05, 4.69) is 11.9 Å². The van der Waals surface area contributed by atoms with Gasteiger partial charge in [-0.3, -0.25) is 9.59 Å². The molecule has 0 radical (unpaired) electrons. The van der Waals surface area contributed by atoms with Gasteiger partial charge in [-0.05, 0) is 61.1 Å². The van der Waals surface area contributed by atoms with Gasteiger partial charge in [-0.25, -0.2) is 9.18 Å². The molecule has 1 amide bonds. The predicted octanol–water partition coefficient (Wildman–Crippen LogP) is 5.39. The average Bonchev–Trinajstić information content (AvgIpc) is 3.30. The fraction of sp³-hybridized carbons (Fsp3) is 0.444. The molecule has 0 aliphatic rings. The second-order valence-corrected chi connectivity index (χ2v) is 10.2. The zero-order chi connectivity index (χ0) is 27.0. The topological polar surface area (TPSA) is 119 Å². The Balaban J connectivity index is 2.18. The molecule has 0 fully saturated rings. The minimum absolute atomic E-state index is 0.0111. The van der Waals surface area contributed by atoms with Crippen molar-refractivity contribution >= 4 is 34.9 Å². The SMILES string of the molecule is C=C(N)c1ccc(OC(=O)c2ccc(CC(CC)(CC)C(=O)NC(CC(=O)O)C(C)CC)s2)c(F)c1. The van der Waals surface area contributed by atoms with Crippen LogP contribution in [0.1, 0.15) is 73.5 Å². The Morgan fingerprint density at radius 1 is 1.19 bits per heavy atom. The number of rotatable bonds is 13. The second kappa shape index (κ2) is 12.7. The highest BCUT2D eigenvalue weighted by Crippen LogP contribution is 2.35. The number of amides is 1. The van der Waals surface area contributed by atoms with Gasteiger partial charge in [0.1, 0.15) is 4.88 Å². The first-order valence-electron chi connectivity index (χ1n) is 12.0. The maximum Gasteiger partial charge on any atom is 0.353 e. The zero-order valence-electron chi connectivity index (χ0n) is 21.2. The molecular formula is C27H35FN2O5S. The Kier molecular flexibility index (Phi) is 10.2. The molecule has 0 saturated carbocycles. The number of hydrogen-bond acceptors (Lipinski definition) is 6. The molecule has 2 rings (SSSR count). The van der Waals surface area contributed by atoms with Gasteiger partial charge in [0, 0.05) is 16.6 Å². The van der Waals surface area contributed by atoms with Gasteiger partial charge in [0.25, 0.3) is 0 Å². The molecule has 2 aromatic rings. The number of benzene rings is 1. The van der Waals surface area contributed by atoms with Crippen molar-refractivity contribution in [3.05, 3.63) is 58.0 Å². The summed E-state index contributed by atoms with van der Waals surface area (Å²) >= 11 is 1.18. The molecule has 1 heterocycles. The lowest BCUT2D eigenvalue weighted by atomic mass is 9.77.